The Morgan fingerprint density at radius 2 is 1.85 bits per heavy atom. The SMILES string of the molecule is COc1ccnc(N2CCN(C(=O)CC3(CN)CCCCC3)CC2)c1.Cl.Cl. The minimum absolute atomic E-state index is 0. The van der Waals surface area contributed by atoms with E-state index in [1.165, 1.54) is 19.3 Å². The number of nitrogens with zero attached hydrogens (tertiary/aromatic N) is 3. The first kappa shape index (κ1) is 23.8. The first-order valence-electron chi connectivity index (χ1n) is 9.39. The summed E-state index contributed by atoms with van der Waals surface area (Å²) in [5.74, 6) is 1.99. The van der Waals surface area contributed by atoms with Gasteiger partial charge in [0.25, 0.3) is 0 Å². The maximum absolute atomic E-state index is 12.8. The van der Waals surface area contributed by atoms with Gasteiger partial charge in [0.15, 0.2) is 0 Å². The summed E-state index contributed by atoms with van der Waals surface area (Å²) in [7, 11) is 1.66. The fraction of sp³-hybridized carbons (Fsp3) is 0.684. The largest absolute Gasteiger partial charge is 0.497 e. The van der Waals surface area contributed by atoms with Crippen molar-refractivity contribution < 1.29 is 9.53 Å². The third-order valence-corrected chi connectivity index (χ3v) is 5.78. The Balaban J connectivity index is 0.00000182. The van der Waals surface area contributed by atoms with Crippen LogP contribution in [-0.2, 0) is 4.79 Å². The van der Waals surface area contributed by atoms with Crippen LogP contribution < -0.4 is 15.4 Å². The van der Waals surface area contributed by atoms with E-state index in [0.717, 1.165) is 50.6 Å². The Morgan fingerprint density at radius 1 is 1.19 bits per heavy atom. The smallest absolute Gasteiger partial charge is 0.223 e. The van der Waals surface area contributed by atoms with E-state index in [2.05, 4.69) is 9.88 Å². The van der Waals surface area contributed by atoms with Gasteiger partial charge in [-0.05, 0) is 30.9 Å². The molecule has 27 heavy (non-hydrogen) atoms. The van der Waals surface area contributed by atoms with Crippen molar-refractivity contribution in [2.24, 2.45) is 11.1 Å². The highest BCUT2D eigenvalue weighted by Crippen LogP contribution is 2.38. The molecule has 2 heterocycles. The molecule has 1 saturated heterocycles. The van der Waals surface area contributed by atoms with Crippen LogP contribution in [0.4, 0.5) is 5.82 Å². The van der Waals surface area contributed by atoms with Crippen molar-refractivity contribution in [2.45, 2.75) is 38.5 Å². The van der Waals surface area contributed by atoms with Crippen LogP contribution in [0.1, 0.15) is 38.5 Å². The van der Waals surface area contributed by atoms with Gasteiger partial charge in [-0.3, -0.25) is 4.79 Å². The van der Waals surface area contributed by atoms with E-state index in [-0.39, 0.29) is 36.1 Å². The average Bonchev–Trinajstić information content (AvgIpc) is 2.69. The van der Waals surface area contributed by atoms with E-state index in [0.29, 0.717) is 13.0 Å². The number of nitrogens with two attached hydrogens (primary N) is 1. The quantitative estimate of drug-likeness (QED) is 0.795. The normalized spacial score (nSPS) is 18.9. The molecule has 1 aliphatic heterocycles. The highest BCUT2D eigenvalue weighted by atomic mass is 35.5. The number of ether oxygens (including phenoxy) is 1. The first-order valence-corrected chi connectivity index (χ1v) is 9.39. The Hall–Kier alpha value is -1.24. The average molecular weight is 419 g/mol. The minimum Gasteiger partial charge on any atom is -0.497 e. The number of hydrogen-bond donors (Lipinski definition) is 1. The van der Waals surface area contributed by atoms with Gasteiger partial charge in [-0.1, -0.05) is 19.3 Å². The molecular formula is C19H32Cl2N4O2. The van der Waals surface area contributed by atoms with Crippen molar-refractivity contribution in [3.05, 3.63) is 18.3 Å². The molecule has 0 bridgehead atoms. The van der Waals surface area contributed by atoms with Crippen LogP contribution in [-0.4, -0.2) is 55.6 Å². The summed E-state index contributed by atoms with van der Waals surface area (Å²) in [6.07, 6.45) is 8.27. The second-order valence-corrected chi connectivity index (χ2v) is 7.36. The molecule has 2 fully saturated rings. The van der Waals surface area contributed by atoms with Gasteiger partial charge >= 0.3 is 0 Å². The molecule has 6 nitrogen and oxygen atoms in total. The van der Waals surface area contributed by atoms with Crippen LogP contribution in [0.5, 0.6) is 5.75 Å². The van der Waals surface area contributed by atoms with Gasteiger partial charge in [0.2, 0.25) is 5.91 Å². The van der Waals surface area contributed by atoms with Gasteiger partial charge in [-0.25, -0.2) is 4.98 Å². The van der Waals surface area contributed by atoms with Crippen molar-refractivity contribution in [1.82, 2.24) is 9.88 Å². The lowest BCUT2D eigenvalue weighted by Crippen LogP contribution is -2.50. The minimum atomic E-state index is 0. The van der Waals surface area contributed by atoms with E-state index in [1.54, 1.807) is 13.3 Å². The summed E-state index contributed by atoms with van der Waals surface area (Å²) in [6, 6.07) is 3.79. The third-order valence-electron chi connectivity index (χ3n) is 5.78. The molecule has 1 aromatic heterocycles. The number of hydrogen-bond acceptors (Lipinski definition) is 5. The van der Waals surface area contributed by atoms with E-state index >= 15 is 0 Å². The van der Waals surface area contributed by atoms with Crippen LogP contribution in [0.15, 0.2) is 18.3 Å². The summed E-state index contributed by atoms with van der Waals surface area (Å²) >= 11 is 0. The van der Waals surface area contributed by atoms with E-state index in [1.807, 2.05) is 17.0 Å². The molecule has 0 radical (unpaired) electrons. The second-order valence-electron chi connectivity index (χ2n) is 7.36. The summed E-state index contributed by atoms with van der Waals surface area (Å²) in [5.41, 5.74) is 6.08. The molecule has 0 unspecified atom stereocenters. The van der Waals surface area contributed by atoms with Crippen LogP contribution in [0.2, 0.25) is 0 Å². The van der Waals surface area contributed by atoms with Crippen LogP contribution in [0.3, 0.4) is 0 Å². The topological polar surface area (TPSA) is 71.7 Å². The second kappa shape index (κ2) is 10.9. The number of carbonyl (C=O) groups excluding carboxylic acids is 1. The molecule has 1 saturated carbocycles. The zero-order chi connectivity index (χ0) is 17.7. The molecule has 0 atom stereocenters. The van der Waals surface area contributed by atoms with Gasteiger partial charge < -0.3 is 20.3 Å². The highest BCUT2D eigenvalue weighted by Gasteiger charge is 2.35. The Morgan fingerprint density at radius 3 is 2.44 bits per heavy atom. The number of piperazine rings is 1. The standard InChI is InChI=1S/C19H30N4O2.2ClH/c1-25-16-5-8-21-17(13-16)22-9-11-23(12-10-22)18(24)14-19(15-20)6-3-2-4-7-19;;/h5,8,13H,2-4,6-7,9-12,14-15,20H2,1H3;2*1H. The van der Waals surface area contributed by atoms with Gasteiger partial charge in [0.05, 0.1) is 7.11 Å². The molecule has 2 N–H and O–H groups in total. The van der Waals surface area contributed by atoms with Crippen molar-refractivity contribution >= 4 is 36.5 Å². The fourth-order valence-corrected chi connectivity index (χ4v) is 4.07. The maximum atomic E-state index is 12.8. The van der Waals surface area contributed by atoms with Crippen LogP contribution in [0.25, 0.3) is 0 Å². The molecule has 1 aliphatic carbocycles. The van der Waals surface area contributed by atoms with Crippen molar-refractivity contribution in [2.75, 3.05) is 44.7 Å². The zero-order valence-electron chi connectivity index (χ0n) is 16.1. The maximum Gasteiger partial charge on any atom is 0.223 e. The van der Waals surface area contributed by atoms with Crippen molar-refractivity contribution in [1.29, 1.82) is 0 Å². The number of anilines is 1. The fourth-order valence-electron chi connectivity index (χ4n) is 4.07. The van der Waals surface area contributed by atoms with Gasteiger partial charge in [-0.15, -0.1) is 24.8 Å². The molecule has 8 heteroatoms. The zero-order valence-corrected chi connectivity index (χ0v) is 17.7. The highest BCUT2D eigenvalue weighted by molar-refractivity contribution is 5.85. The number of aromatic nitrogens is 1. The third kappa shape index (κ3) is 5.87. The van der Waals surface area contributed by atoms with Gasteiger partial charge in [0, 0.05) is 44.9 Å². The lowest BCUT2D eigenvalue weighted by atomic mass is 9.71. The monoisotopic (exact) mass is 418 g/mol. The first-order chi connectivity index (χ1) is 12.2. The Kier molecular flexibility index (Phi) is 9.63. The van der Waals surface area contributed by atoms with E-state index < -0.39 is 0 Å². The number of halogens is 2. The van der Waals surface area contributed by atoms with E-state index in [4.69, 9.17) is 10.5 Å². The summed E-state index contributed by atoms with van der Waals surface area (Å²) in [5, 5.41) is 0. The summed E-state index contributed by atoms with van der Waals surface area (Å²) in [6.45, 7) is 3.74. The molecule has 1 aromatic rings. The molecule has 1 amide bonds. The van der Waals surface area contributed by atoms with Gasteiger partial charge in [-0.2, -0.15) is 0 Å². The van der Waals surface area contributed by atoms with Crippen molar-refractivity contribution in [3.8, 4) is 5.75 Å². The predicted octanol–water partition coefficient (Wildman–Crippen LogP) is 2.88. The summed E-state index contributed by atoms with van der Waals surface area (Å²) < 4.78 is 5.27. The lowest BCUT2D eigenvalue weighted by molar-refractivity contribution is -0.134. The Bertz CT molecular complexity index is 589. The van der Waals surface area contributed by atoms with Crippen molar-refractivity contribution in [3.63, 3.8) is 0 Å². The number of carbonyl (C=O) groups is 1. The van der Waals surface area contributed by atoms with Crippen LogP contribution >= 0.6 is 24.8 Å². The lowest BCUT2D eigenvalue weighted by Gasteiger charge is -2.40. The molecular weight excluding hydrogens is 387 g/mol. The number of pyridine rings is 1. The molecule has 3 rings (SSSR count). The van der Waals surface area contributed by atoms with E-state index in [9.17, 15) is 4.79 Å². The number of methoxy groups -OCH3 is 1. The summed E-state index contributed by atoms with van der Waals surface area (Å²) in [4.78, 5) is 21.4. The molecule has 2 aliphatic rings. The van der Waals surface area contributed by atoms with Crippen LogP contribution in [0, 0.1) is 5.41 Å². The van der Waals surface area contributed by atoms with Gasteiger partial charge in [0.1, 0.15) is 11.6 Å². The molecule has 0 spiro atoms. The number of rotatable bonds is 5. The number of amides is 1. The molecule has 0 aromatic carbocycles. The predicted molar refractivity (Wildman–Crippen MR) is 113 cm³/mol. The Labute approximate surface area is 174 Å². The molecule has 154 valence electrons.